The number of hydrogen-bond donors (Lipinski definition) is 2. The Hall–Kier alpha value is -2.29. The Labute approximate surface area is 120 Å². The first kappa shape index (κ1) is 14.1. The van der Waals surface area contributed by atoms with Gasteiger partial charge in [0.1, 0.15) is 5.84 Å². The lowest BCUT2D eigenvalue weighted by Crippen LogP contribution is -2.20. The molecule has 3 nitrogen and oxygen atoms in total. The van der Waals surface area contributed by atoms with Crippen molar-refractivity contribution in [2.24, 2.45) is 5.73 Å². The number of nitrogens with zero attached hydrogens (tertiary/aromatic N) is 1. The third-order valence-electron chi connectivity index (χ3n) is 3.50. The molecule has 0 aromatic heterocycles. The first-order chi connectivity index (χ1) is 9.61. The summed E-state index contributed by atoms with van der Waals surface area (Å²) in [5.74, 6) is 0.121. The third kappa shape index (κ3) is 3.18. The summed E-state index contributed by atoms with van der Waals surface area (Å²) in [5.41, 5.74) is 10.0. The monoisotopic (exact) mass is 267 g/mol. The molecule has 0 aliphatic carbocycles. The first-order valence-corrected chi connectivity index (χ1v) is 6.84. The summed E-state index contributed by atoms with van der Waals surface area (Å²) in [6.45, 7) is 2.89. The van der Waals surface area contributed by atoms with E-state index < -0.39 is 0 Å². The highest BCUT2D eigenvalue weighted by Gasteiger charge is 2.08. The Morgan fingerprint density at radius 3 is 2.35 bits per heavy atom. The van der Waals surface area contributed by atoms with Crippen molar-refractivity contribution in [1.29, 1.82) is 5.41 Å². The van der Waals surface area contributed by atoms with Crippen molar-refractivity contribution < 1.29 is 0 Å². The predicted molar refractivity (Wildman–Crippen MR) is 85.4 cm³/mol. The zero-order valence-electron chi connectivity index (χ0n) is 12.1. The van der Waals surface area contributed by atoms with Crippen molar-refractivity contribution in [3.8, 4) is 0 Å². The molecular weight excluding hydrogens is 246 g/mol. The van der Waals surface area contributed by atoms with E-state index in [9.17, 15) is 0 Å². The van der Waals surface area contributed by atoms with Crippen LogP contribution in [0.5, 0.6) is 0 Å². The molecule has 3 N–H and O–H groups in total. The maximum atomic E-state index is 7.64. The second-order valence-corrected chi connectivity index (χ2v) is 4.95. The van der Waals surface area contributed by atoms with Gasteiger partial charge in [-0.2, -0.15) is 0 Å². The highest BCUT2D eigenvalue weighted by Crippen LogP contribution is 2.18. The van der Waals surface area contributed by atoms with E-state index in [1.165, 1.54) is 11.3 Å². The van der Waals surface area contributed by atoms with Gasteiger partial charge in [-0.3, -0.25) is 5.41 Å². The zero-order valence-corrected chi connectivity index (χ0v) is 12.1. The Morgan fingerprint density at radius 1 is 1.10 bits per heavy atom. The van der Waals surface area contributed by atoms with Crippen LogP contribution in [0.4, 0.5) is 5.69 Å². The van der Waals surface area contributed by atoms with Crippen molar-refractivity contribution in [3.63, 3.8) is 0 Å². The van der Waals surface area contributed by atoms with Crippen molar-refractivity contribution in [2.45, 2.75) is 19.9 Å². The molecule has 0 bridgehead atoms. The summed E-state index contributed by atoms with van der Waals surface area (Å²) in [5, 5.41) is 7.64. The first-order valence-electron chi connectivity index (χ1n) is 6.84. The molecule has 0 aliphatic heterocycles. The second kappa shape index (κ2) is 6.24. The number of nitrogens with two attached hydrogens (primary N) is 1. The maximum Gasteiger partial charge on any atom is 0.123 e. The normalized spacial score (nSPS) is 10.3. The number of anilines is 1. The second-order valence-electron chi connectivity index (χ2n) is 4.95. The van der Waals surface area contributed by atoms with Crippen LogP contribution in [-0.4, -0.2) is 12.9 Å². The van der Waals surface area contributed by atoms with E-state index in [1.807, 2.05) is 24.3 Å². The Bertz CT molecular complexity index is 587. The molecule has 0 spiro atoms. The SMILES string of the molecule is CCc1ccc(N(C)Cc2ccccc2C(=N)N)cc1. The average molecular weight is 267 g/mol. The smallest absolute Gasteiger partial charge is 0.123 e. The minimum absolute atomic E-state index is 0.121. The topological polar surface area (TPSA) is 53.1 Å². The summed E-state index contributed by atoms with van der Waals surface area (Å²) in [6, 6.07) is 16.4. The molecule has 3 heteroatoms. The van der Waals surface area contributed by atoms with Crippen LogP contribution in [0.3, 0.4) is 0 Å². The van der Waals surface area contributed by atoms with Crippen molar-refractivity contribution in [1.82, 2.24) is 0 Å². The van der Waals surface area contributed by atoms with Crippen molar-refractivity contribution >= 4 is 11.5 Å². The lowest BCUT2D eigenvalue weighted by molar-refractivity contribution is 0.919. The zero-order chi connectivity index (χ0) is 14.5. The van der Waals surface area contributed by atoms with Gasteiger partial charge in [-0.15, -0.1) is 0 Å². The van der Waals surface area contributed by atoms with Gasteiger partial charge in [-0.25, -0.2) is 0 Å². The van der Waals surface area contributed by atoms with Crippen LogP contribution in [0.2, 0.25) is 0 Å². The lowest BCUT2D eigenvalue weighted by Gasteiger charge is -2.21. The highest BCUT2D eigenvalue weighted by atomic mass is 15.1. The molecule has 2 aromatic carbocycles. The minimum atomic E-state index is 0.121. The predicted octanol–water partition coefficient (Wildman–Crippen LogP) is 3.17. The van der Waals surface area contributed by atoms with Crippen molar-refractivity contribution in [2.75, 3.05) is 11.9 Å². The molecule has 2 rings (SSSR count). The van der Waals surface area contributed by atoms with Gasteiger partial charge in [0, 0.05) is 24.8 Å². The van der Waals surface area contributed by atoms with Crippen molar-refractivity contribution in [3.05, 3.63) is 65.2 Å². The van der Waals surface area contributed by atoms with Crippen LogP contribution < -0.4 is 10.6 Å². The van der Waals surface area contributed by atoms with Gasteiger partial charge in [0.2, 0.25) is 0 Å². The molecule has 0 fully saturated rings. The Morgan fingerprint density at radius 2 is 1.75 bits per heavy atom. The van der Waals surface area contributed by atoms with E-state index in [4.69, 9.17) is 11.1 Å². The van der Waals surface area contributed by atoms with Gasteiger partial charge in [0.15, 0.2) is 0 Å². The average Bonchev–Trinajstić information content (AvgIpc) is 2.47. The molecule has 2 aromatic rings. The number of rotatable bonds is 5. The van der Waals surface area contributed by atoms with E-state index in [1.54, 1.807) is 0 Å². The van der Waals surface area contributed by atoms with E-state index in [0.717, 1.165) is 24.1 Å². The maximum absolute atomic E-state index is 7.64. The standard InChI is InChI=1S/C17H21N3/c1-3-13-8-10-15(11-9-13)20(2)12-14-6-4-5-7-16(14)17(18)19/h4-11H,3,12H2,1-2H3,(H3,18,19). The summed E-state index contributed by atoms with van der Waals surface area (Å²) in [6.07, 6.45) is 1.05. The van der Waals surface area contributed by atoms with Gasteiger partial charge in [-0.05, 0) is 29.7 Å². The lowest BCUT2D eigenvalue weighted by atomic mass is 10.1. The molecule has 0 amide bonds. The number of hydrogen-bond acceptors (Lipinski definition) is 2. The summed E-state index contributed by atoms with van der Waals surface area (Å²) in [7, 11) is 2.05. The quantitative estimate of drug-likeness (QED) is 0.646. The fourth-order valence-corrected chi connectivity index (χ4v) is 2.25. The fourth-order valence-electron chi connectivity index (χ4n) is 2.25. The molecule has 0 atom stereocenters. The highest BCUT2D eigenvalue weighted by molar-refractivity contribution is 5.96. The summed E-state index contributed by atoms with van der Waals surface area (Å²) in [4.78, 5) is 2.17. The van der Waals surface area contributed by atoms with E-state index >= 15 is 0 Å². The Balaban J connectivity index is 2.18. The molecule has 20 heavy (non-hydrogen) atoms. The molecule has 0 saturated carbocycles. The van der Waals surface area contributed by atoms with Crippen LogP contribution in [-0.2, 0) is 13.0 Å². The van der Waals surface area contributed by atoms with Gasteiger partial charge >= 0.3 is 0 Å². The van der Waals surface area contributed by atoms with Crippen LogP contribution in [0, 0.1) is 5.41 Å². The largest absolute Gasteiger partial charge is 0.384 e. The molecule has 0 unspecified atom stereocenters. The molecular formula is C17H21N3. The van der Waals surface area contributed by atoms with E-state index in [-0.39, 0.29) is 5.84 Å². The molecule has 0 aliphatic rings. The van der Waals surface area contributed by atoms with Gasteiger partial charge < -0.3 is 10.6 Å². The minimum Gasteiger partial charge on any atom is -0.384 e. The van der Waals surface area contributed by atoms with Crippen LogP contribution in [0.15, 0.2) is 48.5 Å². The molecule has 0 saturated heterocycles. The summed E-state index contributed by atoms with van der Waals surface area (Å²) < 4.78 is 0. The van der Waals surface area contributed by atoms with Gasteiger partial charge in [-0.1, -0.05) is 43.3 Å². The number of benzene rings is 2. The molecule has 0 radical (unpaired) electrons. The van der Waals surface area contributed by atoms with E-state index in [2.05, 4.69) is 43.1 Å². The number of nitrogen functional groups attached to an aromatic ring is 1. The summed E-state index contributed by atoms with van der Waals surface area (Å²) >= 11 is 0. The number of aryl methyl sites for hydroxylation is 1. The van der Waals surface area contributed by atoms with Gasteiger partial charge in [0.05, 0.1) is 0 Å². The molecule has 104 valence electrons. The van der Waals surface area contributed by atoms with Gasteiger partial charge in [0.25, 0.3) is 0 Å². The fraction of sp³-hybridized carbons (Fsp3) is 0.235. The third-order valence-corrected chi connectivity index (χ3v) is 3.50. The van der Waals surface area contributed by atoms with E-state index in [0.29, 0.717) is 0 Å². The van der Waals surface area contributed by atoms with Crippen LogP contribution in [0.25, 0.3) is 0 Å². The van der Waals surface area contributed by atoms with Crippen LogP contribution >= 0.6 is 0 Å². The number of amidine groups is 1. The number of nitrogens with one attached hydrogen (secondary N) is 1. The van der Waals surface area contributed by atoms with Crippen LogP contribution in [0.1, 0.15) is 23.6 Å². The Kier molecular flexibility index (Phi) is 4.41. The molecule has 0 heterocycles.